The Morgan fingerprint density at radius 1 is 1.27 bits per heavy atom. The van der Waals surface area contributed by atoms with Gasteiger partial charge < -0.3 is 4.74 Å². The van der Waals surface area contributed by atoms with Gasteiger partial charge in [0.1, 0.15) is 5.75 Å². The van der Waals surface area contributed by atoms with Gasteiger partial charge in [0.25, 0.3) is 0 Å². The van der Waals surface area contributed by atoms with Gasteiger partial charge in [0, 0.05) is 6.42 Å². The Balaban J connectivity index is 3.18. The van der Waals surface area contributed by atoms with E-state index in [9.17, 15) is 4.79 Å². The van der Waals surface area contributed by atoms with E-state index in [-0.39, 0.29) is 5.78 Å². The lowest BCUT2D eigenvalue weighted by atomic mass is 10.0. The Hall–Kier alpha value is -1.31. The molecule has 2 heteroatoms. The van der Waals surface area contributed by atoms with Crippen LogP contribution in [0.3, 0.4) is 0 Å². The first kappa shape index (κ1) is 11.8. The van der Waals surface area contributed by atoms with Crippen molar-refractivity contribution in [3.63, 3.8) is 0 Å². The monoisotopic (exact) mass is 206 g/mol. The minimum absolute atomic E-state index is 0.147. The minimum atomic E-state index is 0.147. The van der Waals surface area contributed by atoms with Gasteiger partial charge in [0.2, 0.25) is 0 Å². The van der Waals surface area contributed by atoms with Gasteiger partial charge in [-0.2, -0.15) is 0 Å². The number of ketones is 1. The lowest BCUT2D eigenvalue weighted by Gasteiger charge is -2.12. The number of Topliss-reactive ketones (excluding diaryl/α,β-unsaturated/α-hetero) is 1. The molecule has 82 valence electrons. The van der Waals surface area contributed by atoms with Gasteiger partial charge in [0.15, 0.2) is 5.78 Å². The van der Waals surface area contributed by atoms with E-state index in [4.69, 9.17) is 4.74 Å². The smallest absolute Gasteiger partial charge is 0.166 e. The predicted molar refractivity (Wildman–Crippen MR) is 61.6 cm³/mol. The molecular formula is C13H18O2. The second kappa shape index (κ2) is 5.54. The largest absolute Gasteiger partial charge is 0.493 e. The van der Waals surface area contributed by atoms with E-state index in [2.05, 4.69) is 6.92 Å². The van der Waals surface area contributed by atoms with E-state index in [1.807, 2.05) is 32.0 Å². The Morgan fingerprint density at radius 2 is 2.00 bits per heavy atom. The quantitative estimate of drug-likeness (QED) is 0.691. The van der Waals surface area contributed by atoms with Crippen molar-refractivity contribution in [1.29, 1.82) is 0 Å². The Morgan fingerprint density at radius 3 is 2.53 bits per heavy atom. The molecule has 0 N–H and O–H groups in total. The van der Waals surface area contributed by atoms with Gasteiger partial charge in [-0.05, 0) is 25.0 Å². The number of hydrogen-bond acceptors (Lipinski definition) is 2. The van der Waals surface area contributed by atoms with Crippen LogP contribution in [0.1, 0.15) is 43.1 Å². The maximum atomic E-state index is 11.7. The average Bonchev–Trinajstić information content (AvgIpc) is 2.28. The third-order valence-corrected chi connectivity index (χ3v) is 2.39. The number of aryl methyl sites for hydroxylation is 1. The van der Waals surface area contributed by atoms with E-state index in [1.54, 1.807) is 0 Å². The van der Waals surface area contributed by atoms with Crippen LogP contribution in [0.5, 0.6) is 5.75 Å². The fourth-order valence-corrected chi connectivity index (χ4v) is 1.59. The molecule has 2 nitrogen and oxygen atoms in total. The van der Waals surface area contributed by atoms with Gasteiger partial charge in [-0.1, -0.05) is 26.0 Å². The maximum absolute atomic E-state index is 11.7. The Labute approximate surface area is 91.3 Å². The zero-order valence-corrected chi connectivity index (χ0v) is 9.67. The van der Waals surface area contributed by atoms with Crippen molar-refractivity contribution in [2.75, 3.05) is 6.61 Å². The molecule has 0 aromatic heterocycles. The van der Waals surface area contributed by atoms with E-state index in [0.29, 0.717) is 13.0 Å². The lowest BCUT2D eigenvalue weighted by molar-refractivity contribution is 0.0984. The topological polar surface area (TPSA) is 26.3 Å². The molecule has 0 spiro atoms. The number of benzene rings is 1. The molecule has 1 aromatic rings. The molecule has 15 heavy (non-hydrogen) atoms. The standard InChI is InChI=1S/C13H18O2/c1-4-10-8-7-9-11(12(14)5-2)13(10)15-6-3/h7-9H,4-6H2,1-3H3. The zero-order valence-electron chi connectivity index (χ0n) is 9.67. The minimum Gasteiger partial charge on any atom is -0.493 e. The molecule has 1 aromatic carbocycles. The molecule has 0 heterocycles. The highest BCUT2D eigenvalue weighted by Crippen LogP contribution is 2.25. The van der Waals surface area contributed by atoms with E-state index in [0.717, 1.165) is 23.3 Å². The second-order valence-electron chi connectivity index (χ2n) is 3.36. The molecule has 0 fully saturated rings. The first-order valence-electron chi connectivity index (χ1n) is 5.52. The highest BCUT2D eigenvalue weighted by atomic mass is 16.5. The van der Waals surface area contributed by atoms with Crippen molar-refractivity contribution in [1.82, 2.24) is 0 Å². The first-order valence-corrected chi connectivity index (χ1v) is 5.52. The van der Waals surface area contributed by atoms with Gasteiger partial charge in [-0.25, -0.2) is 0 Å². The summed E-state index contributed by atoms with van der Waals surface area (Å²) in [7, 11) is 0. The van der Waals surface area contributed by atoms with Gasteiger partial charge >= 0.3 is 0 Å². The molecule has 0 aliphatic carbocycles. The fourth-order valence-electron chi connectivity index (χ4n) is 1.59. The maximum Gasteiger partial charge on any atom is 0.166 e. The van der Waals surface area contributed by atoms with Crippen LogP contribution < -0.4 is 4.74 Å². The molecule has 0 saturated heterocycles. The predicted octanol–water partition coefficient (Wildman–Crippen LogP) is 3.24. The van der Waals surface area contributed by atoms with Crippen LogP contribution >= 0.6 is 0 Å². The summed E-state index contributed by atoms with van der Waals surface area (Å²) in [6, 6.07) is 5.78. The van der Waals surface area contributed by atoms with Crippen molar-refractivity contribution in [2.24, 2.45) is 0 Å². The third kappa shape index (κ3) is 2.58. The average molecular weight is 206 g/mol. The summed E-state index contributed by atoms with van der Waals surface area (Å²) in [6.07, 6.45) is 1.41. The number of ether oxygens (including phenoxy) is 1. The van der Waals surface area contributed by atoms with Crippen LogP contribution in [-0.2, 0) is 6.42 Å². The molecule has 1 rings (SSSR count). The summed E-state index contributed by atoms with van der Waals surface area (Å²) in [5.41, 5.74) is 1.83. The fraction of sp³-hybridized carbons (Fsp3) is 0.462. The van der Waals surface area contributed by atoms with Crippen LogP contribution in [0.25, 0.3) is 0 Å². The second-order valence-corrected chi connectivity index (χ2v) is 3.36. The summed E-state index contributed by atoms with van der Waals surface area (Å²) in [5, 5.41) is 0. The normalized spacial score (nSPS) is 10.1. The molecule has 0 saturated carbocycles. The molecule has 0 aliphatic heterocycles. The molecule has 0 atom stereocenters. The summed E-state index contributed by atoms with van der Waals surface area (Å²) in [5.74, 6) is 0.920. The van der Waals surface area contributed by atoms with E-state index < -0.39 is 0 Å². The van der Waals surface area contributed by atoms with Gasteiger partial charge in [-0.3, -0.25) is 4.79 Å². The zero-order chi connectivity index (χ0) is 11.3. The van der Waals surface area contributed by atoms with Crippen LogP contribution in [0, 0.1) is 0 Å². The van der Waals surface area contributed by atoms with Crippen molar-refractivity contribution in [2.45, 2.75) is 33.6 Å². The summed E-state index contributed by atoms with van der Waals surface area (Å²) < 4.78 is 5.56. The molecule has 0 radical (unpaired) electrons. The van der Waals surface area contributed by atoms with Crippen LogP contribution in [0.4, 0.5) is 0 Å². The van der Waals surface area contributed by atoms with Gasteiger partial charge in [0.05, 0.1) is 12.2 Å². The highest BCUT2D eigenvalue weighted by molar-refractivity contribution is 5.98. The highest BCUT2D eigenvalue weighted by Gasteiger charge is 2.13. The van der Waals surface area contributed by atoms with Crippen LogP contribution in [0.2, 0.25) is 0 Å². The van der Waals surface area contributed by atoms with E-state index in [1.165, 1.54) is 0 Å². The number of hydrogen-bond donors (Lipinski definition) is 0. The molecule has 0 bridgehead atoms. The van der Waals surface area contributed by atoms with Crippen LogP contribution in [-0.4, -0.2) is 12.4 Å². The number of para-hydroxylation sites is 1. The van der Waals surface area contributed by atoms with E-state index >= 15 is 0 Å². The summed E-state index contributed by atoms with van der Waals surface area (Å²) in [4.78, 5) is 11.7. The molecule has 0 amide bonds. The summed E-state index contributed by atoms with van der Waals surface area (Å²) in [6.45, 7) is 6.47. The number of carbonyl (C=O) groups excluding carboxylic acids is 1. The third-order valence-electron chi connectivity index (χ3n) is 2.39. The van der Waals surface area contributed by atoms with Crippen molar-refractivity contribution in [3.8, 4) is 5.75 Å². The number of carbonyl (C=O) groups is 1. The first-order chi connectivity index (χ1) is 7.24. The number of rotatable bonds is 5. The van der Waals surface area contributed by atoms with Gasteiger partial charge in [-0.15, -0.1) is 0 Å². The van der Waals surface area contributed by atoms with Crippen LogP contribution in [0.15, 0.2) is 18.2 Å². The molecule has 0 aliphatic rings. The molecule has 0 unspecified atom stereocenters. The summed E-state index contributed by atoms with van der Waals surface area (Å²) >= 11 is 0. The van der Waals surface area contributed by atoms with Crippen molar-refractivity contribution >= 4 is 5.78 Å². The van der Waals surface area contributed by atoms with Crippen molar-refractivity contribution < 1.29 is 9.53 Å². The Kier molecular flexibility index (Phi) is 4.35. The lowest BCUT2D eigenvalue weighted by Crippen LogP contribution is -2.05. The molecular weight excluding hydrogens is 188 g/mol. The Bertz CT molecular complexity index is 342. The SMILES string of the molecule is CCOc1c(CC)cccc1C(=O)CC. The van der Waals surface area contributed by atoms with Crippen molar-refractivity contribution in [3.05, 3.63) is 29.3 Å².